The second-order valence-electron chi connectivity index (χ2n) is 21.8. The largest absolute Gasteiger partial charge is 0.347 e. The van der Waals surface area contributed by atoms with Crippen molar-refractivity contribution in [1.29, 1.82) is 0 Å². The van der Waals surface area contributed by atoms with Crippen molar-refractivity contribution in [1.82, 2.24) is 72.5 Å². The molecule has 6 rings (SSSR count). The monoisotopic (exact) mass is 1020 g/mol. The van der Waals surface area contributed by atoms with Crippen LogP contribution in [0.15, 0.2) is 73.1 Å². The molecular weight excluding hydrogens is 941 g/mol. The molecule has 2 aromatic heterocycles. The summed E-state index contributed by atoms with van der Waals surface area (Å²) in [5, 5.41) is 41.2. The minimum absolute atomic E-state index is 0.0452. The van der Waals surface area contributed by atoms with E-state index in [9.17, 15) is 28.8 Å². The fraction of sp³-hybridized carbons (Fsp3) is 0.556. The molecule has 4 aromatic rings. The van der Waals surface area contributed by atoms with E-state index in [0.29, 0.717) is 24.5 Å². The summed E-state index contributed by atoms with van der Waals surface area (Å²) >= 11 is 0. The van der Waals surface area contributed by atoms with E-state index in [1.54, 1.807) is 49.7 Å². The molecule has 2 aliphatic rings. The Morgan fingerprint density at radius 3 is 1.31 bits per heavy atom. The SMILES string of the molecule is CN[C@@H](C)C(=O)NC(C(=O)N[C@@H](Cc1cn(CC=CCn2cc(C[C@H](NC(=O)[C@@H](NC(=O)[C@H](C)NC)C(C)(C)C)C(=O)N[C@@H]3CCCc4ccccc43)nn2)nn1)C(=O)N[C@@H]1CCCc2ccccc21)C(C)(C)C. The van der Waals surface area contributed by atoms with Gasteiger partial charge in [-0.15, -0.1) is 10.2 Å². The molecule has 0 radical (unpaired) electrons. The van der Waals surface area contributed by atoms with E-state index in [0.717, 1.165) is 49.7 Å². The number of hydrogen-bond acceptors (Lipinski definition) is 12. The smallest absolute Gasteiger partial charge is 0.243 e. The van der Waals surface area contributed by atoms with Crippen LogP contribution in [-0.2, 0) is 67.5 Å². The molecule has 2 aromatic carbocycles. The number of hydrogen-bond donors (Lipinski definition) is 8. The van der Waals surface area contributed by atoms with Gasteiger partial charge in [-0.1, -0.05) is 113 Å². The highest BCUT2D eigenvalue weighted by atomic mass is 16.2. The zero-order valence-corrected chi connectivity index (χ0v) is 44.8. The molecule has 8 atom stereocenters. The lowest BCUT2D eigenvalue weighted by Gasteiger charge is -2.33. The van der Waals surface area contributed by atoms with Crippen molar-refractivity contribution in [3.63, 3.8) is 0 Å². The number of carbonyl (C=O) groups excluding carboxylic acids is 6. The lowest BCUT2D eigenvalue weighted by Crippen LogP contribution is -2.60. The standard InChI is InChI=1S/C54H78N14O6/c1-33(55-9)47(69)61-45(53(3,4)5)51(73)59-43(49(71)57-41-25-17-21-35-19-11-13-23-39(35)41)29-37-31-67(65-63-37)27-15-16-28-68-32-38(64-66-68)30-44(50(72)58-42-26-18-22-36-20-12-14-24-40(36)42)60-52(74)46(54(6,7)8)62-48(70)34(2)56-10/h11-16,19-20,23-24,31-34,41-46,55-56H,17-18,21-22,25-30H2,1-10H3,(H,57,71)(H,58,72)(H,59,73)(H,60,74)(H,61,69)(H,62,70)/t33-,34-,41+,42+,43-,44-,45+,46?/m0/s1. The van der Waals surface area contributed by atoms with Gasteiger partial charge in [0.1, 0.15) is 24.2 Å². The second-order valence-corrected chi connectivity index (χ2v) is 21.8. The van der Waals surface area contributed by atoms with Gasteiger partial charge in [0.2, 0.25) is 35.4 Å². The summed E-state index contributed by atoms with van der Waals surface area (Å²) in [7, 11) is 3.33. The maximum Gasteiger partial charge on any atom is 0.243 e. The number of rotatable bonds is 22. The summed E-state index contributed by atoms with van der Waals surface area (Å²) in [6.07, 6.45) is 12.5. The molecule has 1 unspecified atom stereocenters. The highest BCUT2D eigenvalue weighted by molar-refractivity contribution is 5.95. The Balaban J connectivity index is 1.13. The minimum Gasteiger partial charge on any atom is -0.347 e. The highest BCUT2D eigenvalue weighted by Gasteiger charge is 2.38. The summed E-state index contributed by atoms with van der Waals surface area (Å²) in [6, 6.07) is 10.6. The summed E-state index contributed by atoms with van der Waals surface area (Å²) in [5.74, 6) is -2.40. The Kier molecular flexibility index (Phi) is 19.4. The lowest BCUT2D eigenvalue weighted by atomic mass is 9.85. The van der Waals surface area contributed by atoms with Crippen LogP contribution in [0.4, 0.5) is 0 Å². The average Bonchev–Trinajstić information content (AvgIpc) is 4.03. The van der Waals surface area contributed by atoms with E-state index in [2.05, 4.69) is 75.3 Å². The summed E-state index contributed by atoms with van der Waals surface area (Å²) < 4.78 is 3.24. The third-order valence-corrected chi connectivity index (χ3v) is 13.9. The van der Waals surface area contributed by atoms with Crippen LogP contribution < -0.4 is 42.5 Å². The van der Waals surface area contributed by atoms with Crippen molar-refractivity contribution < 1.29 is 28.8 Å². The van der Waals surface area contributed by atoms with Gasteiger partial charge >= 0.3 is 0 Å². The number of fused-ring (bicyclic) bond motifs is 2. The topological polar surface area (TPSA) is 260 Å². The van der Waals surface area contributed by atoms with Crippen molar-refractivity contribution in [2.24, 2.45) is 10.8 Å². The first-order chi connectivity index (χ1) is 35.1. The Bertz CT molecular complexity index is 2440. The molecular formula is C54H78N14O6. The summed E-state index contributed by atoms with van der Waals surface area (Å²) in [4.78, 5) is 82.4. The molecule has 2 heterocycles. The van der Waals surface area contributed by atoms with Gasteiger partial charge in [0, 0.05) is 25.2 Å². The third-order valence-electron chi connectivity index (χ3n) is 13.9. The van der Waals surface area contributed by atoms with E-state index in [-0.39, 0.29) is 48.6 Å². The van der Waals surface area contributed by atoms with Crippen molar-refractivity contribution in [2.45, 2.75) is 168 Å². The minimum atomic E-state index is -1.03. The number of amides is 6. The van der Waals surface area contributed by atoms with Crippen LogP contribution in [0, 0.1) is 10.8 Å². The van der Waals surface area contributed by atoms with Gasteiger partial charge in [-0.05, 0) is 99.6 Å². The first-order valence-electron chi connectivity index (χ1n) is 25.9. The molecule has 0 spiro atoms. The maximum absolute atomic E-state index is 14.2. The Labute approximate surface area is 435 Å². The van der Waals surface area contributed by atoms with E-state index in [1.807, 2.05) is 90.1 Å². The van der Waals surface area contributed by atoms with Gasteiger partial charge in [-0.3, -0.25) is 28.8 Å². The number of likely N-dealkylation sites (N-methyl/N-ethyl adjacent to an activating group) is 2. The van der Waals surface area contributed by atoms with Crippen molar-refractivity contribution in [2.75, 3.05) is 14.1 Å². The fourth-order valence-electron chi connectivity index (χ4n) is 9.25. The van der Waals surface area contributed by atoms with Crippen LogP contribution >= 0.6 is 0 Å². The predicted octanol–water partition coefficient (Wildman–Crippen LogP) is 2.85. The molecule has 20 nitrogen and oxygen atoms in total. The van der Waals surface area contributed by atoms with Crippen LogP contribution in [0.1, 0.15) is 127 Å². The van der Waals surface area contributed by atoms with Gasteiger partial charge in [0.05, 0.1) is 48.6 Å². The average molecular weight is 1020 g/mol. The molecule has 8 N–H and O–H groups in total. The zero-order chi connectivity index (χ0) is 53.7. The number of aryl methyl sites for hydroxylation is 2. The van der Waals surface area contributed by atoms with Crippen molar-refractivity contribution >= 4 is 35.4 Å². The van der Waals surface area contributed by atoms with Gasteiger partial charge < -0.3 is 42.5 Å². The van der Waals surface area contributed by atoms with E-state index in [4.69, 9.17) is 0 Å². The molecule has 74 heavy (non-hydrogen) atoms. The van der Waals surface area contributed by atoms with Gasteiger partial charge in [0.15, 0.2) is 0 Å². The lowest BCUT2D eigenvalue weighted by molar-refractivity contribution is -0.135. The summed E-state index contributed by atoms with van der Waals surface area (Å²) in [6.45, 7) is 15.2. The Morgan fingerprint density at radius 2 is 0.946 bits per heavy atom. The van der Waals surface area contributed by atoms with E-state index >= 15 is 0 Å². The number of aromatic nitrogens is 6. The number of carbonyl (C=O) groups is 6. The van der Waals surface area contributed by atoms with Gasteiger partial charge in [-0.2, -0.15) is 0 Å². The highest BCUT2D eigenvalue weighted by Crippen LogP contribution is 2.31. The van der Waals surface area contributed by atoms with Crippen LogP contribution in [0.3, 0.4) is 0 Å². The van der Waals surface area contributed by atoms with E-state index in [1.165, 1.54) is 11.1 Å². The molecule has 400 valence electrons. The Morgan fingerprint density at radius 1 is 0.568 bits per heavy atom. The number of allylic oxidation sites excluding steroid dienone is 2. The third kappa shape index (κ3) is 15.4. The Hall–Kier alpha value is -6.80. The second kappa shape index (κ2) is 25.4. The molecule has 0 aliphatic heterocycles. The zero-order valence-electron chi connectivity index (χ0n) is 44.8. The molecule has 20 heteroatoms. The number of nitrogens with zero attached hydrogens (tertiary/aromatic N) is 6. The van der Waals surface area contributed by atoms with Gasteiger partial charge in [0.25, 0.3) is 0 Å². The van der Waals surface area contributed by atoms with Crippen molar-refractivity contribution in [3.05, 3.63) is 107 Å². The van der Waals surface area contributed by atoms with Gasteiger partial charge in [-0.25, -0.2) is 9.36 Å². The van der Waals surface area contributed by atoms with E-state index < -0.39 is 58.9 Å². The number of nitrogens with one attached hydrogen (secondary N) is 8. The van der Waals surface area contributed by atoms with Crippen LogP contribution in [-0.4, -0.2) is 116 Å². The van der Waals surface area contributed by atoms with Crippen LogP contribution in [0.25, 0.3) is 0 Å². The quantitative estimate of drug-likeness (QED) is 0.0529. The molecule has 0 fully saturated rings. The summed E-state index contributed by atoms with van der Waals surface area (Å²) in [5.41, 5.74) is 4.08. The number of benzene rings is 2. The first kappa shape index (κ1) is 56.5. The van der Waals surface area contributed by atoms with Crippen LogP contribution in [0.5, 0.6) is 0 Å². The predicted molar refractivity (Wildman–Crippen MR) is 281 cm³/mol. The molecule has 2 aliphatic carbocycles. The maximum atomic E-state index is 14.2. The molecule has 0 bridgehead atoms. The first-order valence-corrected chi connectivity index (χ1v) is 25.9. The fourth-order valence-corrected chi connectivity index (χ4v) is 9.25. The normalized spacial score (nSPS) is 18.1. The van der Waals surface area contributed by atoms with Crippen LogP contribution in [0.2, 0.25) is 0 Å². The molecule has 6 amide bonds. The molecule has 0 saturated heterocycles. The van der Waals surface area contributed by atoms with Crippen molar-refractivity contribution in [3.8, 4) is 0 Å². The molecule has 0 saturated carbocycles.